The van der Waals surface area contributed by atoms with Gasteiger partial charge in [0, 0.05) is 30.6 Å². The van der Waals surface area contributed by atoms with Crippen molar-refractivity contribution < 1.29 is 4.52 Å². The fourth-order valence-electron chi connectivity index (χ4n) is 3.96. The van der Waals surface area contributed by atoms with Crippen LogP contribution in [0.15, 0.2) is 22.7 Å². The van der Waals surface area contributed by atoms with Crippen molar-refractivity contribution in [1.29, 1.82) is 0 Å². The maximum atomic E-state index is 6.45. The first kappa shape index (κ1) is 15.7. The highest BCUT2D eigenvalue weighted by Crippen LogP contribution is 2.37. The van der Waals surface area contributed by atoms with Gasteiger partial charge in [-0.05, 0) is 45.4 Å². The number of nitrogens with zero attached hydrogens (tertiary/aromatic N) is 4. The maximum absolute atomic E-state index is 6.45. The molecule has 1 aliphatic heterocycles. The number of fused-ring (bicyclic) bond motifs is 1. The molecule has 2 aromatic heterocycles. The van der Waals surface area contributed by atoms with Gasteiger partial charge in [0.2, 0.25) is 0 Å². The van der Waals surface area contributed by atoms with Crippen molar-refractivity contribution in [2.45, 2.75) is 39.3 Å². The topological polar surface area (TPSA) is 47.1 Å². The fourth-order valence-corrected chi connectivity index (χ4v) is 4.24. The minimum absolute atomic E-state index is 0.343. The summed E-state index contributed by atoms with van der Waals surface area (Å²) in [4.78, 5) is 2.47. The molecule has 1 fully saturated rings. The lowest BCUT2D eigenvalue weighted by Crippen LogP contribution is -2.24. The SMILES string of the molecule is Cc1noc(C)c1C1CCCN1Cc1nn(C)c2cccc(Cl)c12. The molecule has 3 aromatic rings. The van der Waals surface area contributed by atoms with Gasteiger partial charge in [0.1, 0.15) is 5.76 Å². The molecule has 5 nitrogen and oxygen atoms in total. The molecule has 0 bridgehead atoms. The van der Waals surface area contributed by atoms with Gasteiger partial charge in [0.25, 0.3) is 0 Å². The third-order valence-electron chi connectivity index (χ3n) is 5.04. The Balaban J connectivity index is 1.70. The zero-order valence-electron chi connectivity index (χ0n) is 14.2. The summed E-state index contributed by atoms with van der Waals surface area (Å²) in [6, 6.07) is 6.31. The summed E-state index contributed by atoms with van der Waals surface area (Å²) in [7, 11) is 1.97. The standard InChI is InChI=1S/C18H21ClN4O/c1-11-17(12(2)24-21-11)16-8-5-9-23(16)10-14-18-13(19)6-4-7-15(18)22(3)20-14/h4,6-7,16H,5,8-10H2,1-3H3. The van der Waals surface area contributed by atoms with Gasteiger partial charge < -0.3 is 4.52 Å². The minimum atomic E-state index is 0.343. The molecule has 0 saturated carbocycles. The average molecular weight is 345 g/mol. The number of rotatable bonds is 3. The van der Waals surface area contributed by atoms with Gasteiger partial charge in [-0.2, -0.15) is 5.10 Å². The van der Waals surface area contributed by atoms with Crippen molar-refractivity contribution in [3.8, 4) is 0 Å². The second-order valence-electron chi connectivity index (χ2n) is 6.57. The zero-order valence-corrected chi connectivity index (χ0v) is 15.0. The molecule has 0 spiro atoms. The summed E-state index contributed by atoms with van der Waals surface area (Å²) < 4.78 is 7.30. The van der Waals surface area contributed by atoms with E-state index >= 15 is 0 Å². The molecular weight excluding hydrogens is 324 g/mol. The highest BCUT2D eigenvalue weighted by molar-refractivity contribution is 6.35. The Labute approximate surface area is 146 Å². The van der Waals surface area contributed by atoms with Crippen molar-refractivity contribution in [1.82, 2.24) is 19.8 Å². The van der Waals surface area contributed by atoms with Crippen LogP contribution in [0.5, 0.6) is 0 Å². The molecule has 1 aliphatic rings. The van der Waals surface area contributed by atoms with E-state index in [0.29, 0.717) is 6.04 Å². The van der Waals surface area contributed by atoms with Crippen molar-refractivity contribution >= 4 is 22.5 Å². The Kier molecular flexibility index (Phi) is 3.85. The molecule has 1 aromatic carbocycles. The van der Waals surface area contributed by atoms with E-state index in [2.05, 4.69) is 16.1 Å². The number of hydrogen-bond donors (Lipinski definition) is 0. The van der Waals surface area contributed by atoms with Gasteiger partial charge in [-0.15, -0.1) is 0 Å². The van der Waals surface area contributed by atoms with Crippen LogP contribution in [0, 0.1) is 13.8 Å². The van der Waals surface area contributed by atoms with Crippen LogP contribution in [-0.2, 0) is 13.6 Å². The van der Waals surface area contributed by atoms with E-state index in [1.165, 1.54) is 12.0 Å². The van der Waals surface area contributed by atoms with E-state index in [9.17, 15) is 0 Å². The molecule has 1 saturated heterocycles. The van der Waals surface area contributed by atoms with Crippen LogP contribution in [-0.4, -0.2) is 26.4 Å². The summed E-state index contributed by atoms with van der Waals surface area (Å²) in [6.07, 6.45) is 2.30. The van der Waals surface area contributed by atoms with Crippen LogP contribution in [0.1, 0.15) is 41.6 Å². The smallest absolute Gasteiger partial charge is 0.138 e. The third-order valence-corrected chi connectivity index (χ3v) is 5.35. The van der Waals surface area contributed by atoms with Crippen LogP contribution < -0.4 is 0 Å². The van der Waals surface area contributed by atoms with Crippen LogP contribution in [0.25, 0.3) is 10.9 Å². The van der Waals surface area contributed by atoms with Gasteiger partial charge in [0.15, 0.2) is 0 Å². The molecule has 0 N–H and O–H groups in total. The predicted octanol–water partition coefficient (Wildman–Crippen LogP) is 4.17. The Morgan fingerprint density at radius 1 is 1.33 bits per heavy atom. The number of likely N-dealkylation sites (tertiary alicyclic amines) is 1. The maximum Gasteiger partial charge on any atom is 0.138 e. The van der Waals surface area contributed by atoms with E-state index < -0.39 is 0 Å². The third kappa shape index (κ3) is 2.43. The molecule has 0 radical (unpaired) electrons. The lowest BCUT2D eigenvalue weighted by molar-refractivity contribution is 0.243. The molecule has 0 amide bonds. The minimum Gasteiger partial charge on any atom is -0.361 e. The molecule has 1 unspecified atom stereocenters. The quantitative estimate of drug-likeness (QED) is 0.715. The van der Waals surface area contributed by atoms with Crippen molar-refractivity contribution in [3.05, 3.63) is 45.9 Å². The van der Waals surface area contributed by atoms with Gasteiger partial charge in [-0.3, -0.25) is 9.58 Å². The number of halogens is 1. The first-order chi connectivity index (χ1) is 11.6. The normalized spacial score (nSPS) is 18.8. The lowest BCUT2D eigenvalue weighted by atomic mass is 10.0. The van der Waals surface area contributed by atoms with E-state index in [4.69, 9.17) is 21.2 Å². The van der Waals surface area contributed by atoms with Crippen LogP contribution in [0.3, 0.4) is 0 Å². The summed E-state index contributed by atoms with van der Waals surface area (Å²) in [5.74, 6) is 0.924. The zero-order chi connectivity index (χ0) is 16.8. The Bertz CT molecular complexity index is 878. The molecule has 126 valence electrons. The van der Waals surface area contributed by atoms with Crippen molar-refractivity contribution in [2.24, 2.45) is 7.05 Å². The molecule has 4 rings (SSSR count). The largest absolute Gasteiger partial charge is 0.361 e. The first-order valence-corrected chi connectivity index (χ1v) is 8.71. The van der Waals surface area contributed by atoms with Gasteiger partial charge in [-0.25, -0.2) is 0 Å². The van der Waals surface area contributed by atoms with Crippen molar-refractivity contribution in [2.75, 3.05) is 6.54 Å². The predicted molar refractivity (Wildman–Crippen MR) is 94.1 cm³/mol. The first-order valence-electron chi connectivity index (χ1n) is 8.33. The highest BCUT2D eigenvalue weighted by Gasteiger charge is 2.31. The summed E-state index contributed by atoms with van der Waals surface area (Å²) in [5.41, 5.74) is 4.34. The Morgan fingerprint density at radius 2 is 2.17 bits per heavy atom. The van der Waals surface area contributed by atoms with E-state index in [1.54, 1.807) is 0 Å². The fraction of sp³-hybridized carbons (Fsp3) is 0.444. The average Bonchev–Trinajstić information content (AvgIpc) is 3.21. The number of hydrogen-bond acceptors (Lipinski definition) is 4. The molecule has 0 aliphatic carbocycles. The molecule has 3 heterocycles. The number of aryl methyl sites for hydroxylation is 3. The van der Waals surface area contributed by atoms with Gasteiger partial charge >= 0.3 is 0 Å². The summed E-state index contributed by atoms with van der Waals surface area (Å²) >= 11 is 6.45. The van der Waals surface area contributed by atoms with Crippen LogP contribution in [0.4, 0.5) is 0 Å². The van der Waals surface area contributed by atoms with Gasteiger partial charge in [0.05, 0.1) is 21.9 Å². The van der Waals surface area contributed by atoms with E-state index in [0.717, 1.165) is 52.6 Å². The number of benzene rings is 1. The molecule has 24 heavy (non-hydrogen) atoms. The van der Waals surface area contributed by atoms with E-state index in [1.807, 2.05) is 37.7 Å². The Hall–Kier alpha value is -1.85. The van der Waals surface area contributed by atoms with Crippen molar-refractivity contribution in [3.63, 3.8) is 0 Å². The highest BCUT2D eigenvalue weighted by atomic mass is 35.5. The Morgan fingerprint density at radius 3 is 2.92 bits per heavy atom. The molecular formula is C18H21ClN4O. The summed E-state index contributed by atoms with van der Waals surface area (Å²) in [6.45, 7) is 5.86. The molecule has 6 heteroatoms. The van der Waals surface area contributed by atoms with Gasteiger partial charge in [-0.1, -0.05) is 22.8 Å². The lowest BCUT2D eigenvalue weighted by Gasteiger charge is -2.23. The second kappa shape index (κ2) is 5.90. The second-order valence-corrected chi connectivity index (χ2v) is 6.98. The molecule has 1 atom stereocenters. The summed E-state index contributed by atoms with van der Waals surface area (Å²) in [5, 5.41) is 10.7. The van der Waals surface area contributed by atoms with E-state index in [-0.39, 0.29) is 0 Å². The van der Waals surface area contributed by atoms with Crippen LogP contribution in [0.2, 0.25) is 5.02 Å². The van der Waals surface area contributed by atoms with Crippen LogP contribution >= 0.6 is 11.6 Å². The monoisotopic (exact) mass is 344 g/mol. The number of aromatic nitrogens is 3.